The van der Waals surface area contributed by atoms with Gasteiger partial charge in [0.1, 0.15) is 31.2 Å². The summed E-state index contributed by atoms with van der Waals surface area (Å²) in [6, 6.07) is 6.08. The summed E-state index contributed by atoms with van der Waals surface area (Å²) in [5.74, 6) is 6.02. The predicted octanol–water partition coefficient (Wildman–Crippen LogP) is 1.89. The molecule has 3 aromatic rings. The van der Waals surface area contributed by atoms with E-state index in [1.54, 1.807) is 45.0 Å². The summed E-state index contributed by atoms with van der Waals surface area (Å²) in [7, 11) is -0.569. The Hall–Kier alpha value is -3.70. The highest BCUT2D eigenvalue weighted by atomic mass is 31.1. The van der Waals surface area contributed by atoms with Crippen molar-refractivity contribution in [3.05, 3.63) is 42.5 Å². The number of nitrogens with zero attached hydrogens (tertiary/aromatic N) is 4. The topological polar surface area (TPSA) is 179 Å². The fraction of sp³-hybridized carbons (Fsp3) is 0.481. The number of anilines is 1. The zero-order valence-corrected chi connectivity index (χ0v) is 24.0. The molecule has 0 amide bonds. The Morgan fingerprint density at radius 1 is 1.24 bits per heavy atom. The van der Waals surface area contributed by atoms with Crippen molar-refractivity contribution in [2.75, 3.05) is 11.9 Å². The summed E-state index contributed by atoms with van der Waals surface area (Å²) in [5.41, 5.74) is 2.00. The number of para-hydroxylation sites is 1. The van der Waals surface area contributed by atoms with E-state index in [1.165, 1.54) is 17.2 Å². The summed E-state index contributed by atoms with van der Waals surface area (Å²) in [6.45, 7) is 4.59. The smallest absolute Gasteiger partial charge is 0.395 e. The van der Waals surface area contributed by atoms with Crippen LogP contribution in [0.4, 0.5) is 5.82 Å². The van der Waals surface area contributed by atoms with E-state index >= 15 is 0 Å². The Labute approximate surface area is 243 Å². The Morgan fingerprint density at radius 3 is 2.76 bits per heavy atom. The van der Waals surface area contributed by atoms with Gasteiger partial charge in [-0.05, 0) is 45.7 Å². The number of hydrogen-bond acceptors (Lipinski definition) is 13. The first-order valence-corrected chi connectivity index (χ1v) is 14.1. The molecule has 2 aliphatic rings. The normalized spacial score (nSPS) is 24.4. The number of nitrogens with one attached hydrogen (secondary N) is 2. The lowest BCUT2D eigenvalue weighted by Crippen LogP contribution is -2.48. The standard InChI is InChI=1S/C27H31N6O8P/c1-15(2)39-26(36)16(3)32-38-12-27(11-10-17-6-4-5-7-19(17)41-42-37)22(35)21(34)25(40-27)33-14-30-20-23(31-18-8-9-18)28-13-29-24(20)33/h4-7,13-16,18,21-22,25,32,34-35H,8-9,12H2,1-3H3,(H,28,29,31)/t16-,21?,22?,25+,27+/m0/s1. The van der Waals surface area contributed by atoms with Crippen molar-refractivity contribution in [2.45, 2.75) is 75.8 Å². The third-order valence-electron chi connectivity index (χ3n) is 6.66. The molecule has 1 aliphatic heterocycles. The number of aliphatic hydroxyl groups is 2. The van der Waals surface area contributed by atoms with Crippen LogP contribution in [0.15, 0.2) is 36.9 Å². The molecule has 15 heteroatoms. The van der Waals surface area contributed by atoms with E-state index in [0.29, 0.717) is 28.6 Å². The number of benzene rings is 1. The number of fused-ring (bicyclic) bond motifs is 1. The van der Waals surface area contributed by atoms with Crippen LogP contribution in [0, 0.1) is 11.8 Å². The van der Waals surface area contributed by atoms with Crippen LogP contribution in [0.3, 0.4) is 0 Å². The molecule has 0 spiro atoms. The quantitative estimate of drug-likeness (QED) is 0.109. The molecule has 2 fully saturated rings. The minimum absolute atomic E-state index is 0.235. The predicted molar refractivity (Wildman–Crippen MR) is 148 cm³/mol. The number of ether oxygens (including phenoxy) is 2. The number of hydroxylamine groups is 1. The first kappa shape index (κ1) is 29.8. The van der Waals surface area contributed by atoms with Gasteiger partial charge < -0.3 is 29.5 Å². The van der Waals surface area contributed by atoms with Gasteiger partial charge in [-0.25, -0.2) is 19.5 Å². The van der Waals surface area contributed by atoms with Gasteiger partial charge in [-0.1, -0.05) is 24.0 Å². The van der Waals surface area contributed by atoms with Crippen molar-refractivity contribution >= 4 is 31.6 Å². The van der Waals surface area contributed by atoms with E-state index in [1.807, 2.05) is 0 Å². The highest BCUT2D eigenvalue weighted by molar-refractivity contribution is 7.17. The van der Waals surface area contributed by atoms with E-state index in [-0.39, 0.29) is 11.9 Å². The fourth-order valence-electron chi connectivity index (χ4n) is 4.35. The highest BCUT2D eigenvalue weighted by Crippen LogP contribution is 2.39. The molecule has 0 radical (unpaired) electrons. The summed E-state index contributed by atoms with van der Waals surface area (Å²) >= 11 is 0. The highest BCUT2D eigenvalue weighted by Gasteiger charge is 2.55. The second kappa shape index (κ2) is 12.7. The molecule has 222 valence electrons. The summed E-state index contributed by atoms with van der Waals surface area (Å²) in [5, 5.41) is 25.9. The van der Waals surface area contributed by atoms with Crippen LogP contribution in [-0.2, 0) is 23.7 Å². The number of imidazole rings is 1. The lowest BCUT2D eigenvalue weighted by atomic mass is 9.96. The number of carbonyl (C=O) groups excluding carboxylic acids is 1. The molecule has 1 aromatic carbocycles. The van der Waals surface area contributed by atoms with Crippen LogP contribution in [0.2, 0.25) is 0 Å². The van der Waals surface area contributed by atoms with Crippen molar-refractivity contribution in [1.29, 1.82) is 0 Å². The molecule has 14 nitrogen and oxygen atoms in total. The Balaban J connectivity index is 1.45. The van der Waals surface area contributed by atoms with Crippen molar-refractivity contribution < 1.29 is 38.4 Å². The van der Waals surface area contributed by atoms with Crippen LogP contribution < -0.4 is 15.3 Å². The molecule has 1 aliphatic carbocycles. The average molecular weight is 599 g/mol. The lowest BCUT2D eigenvalue weighted by Gasteiger charge is -2.27. The number of aliphatic hydroxyl groups excluding tert-OH is 2. The molecule has 0 bridgehead atoms. The Bertz CT molecular complexity index is 1500. The first-order chi connectivity index (χ1) is 20.2. The number of esters is 1. The molecule has 2 unspecified atom stereocenters. The monoisotopic (exact) mass is 598 g/mol. The van der Waals surface area contributed by atoms with E-state index < -0.39 is 51.3 Å². The first-order valence-electron chi connectivity index (χ1n) is 13.4. The molecule has 42 heavy (non-hydrogen) atoms. The third-order valence-corrected chi connectivity index (χ3v) is 6.93. The van der Waals surface area contributed by atoms with Gasteiger partial charge in [-0.2, -0.15) is 5.48 Å². The van der Waals surface area contributed by atoms with Gasteiger partial charge in [-0.15, -0.1) is 0 Å². The second-order valence-corrected chi connectivity index (χ2v) is 10.7. The molecule has 5 atom stereocenters. The van der Waals surface area contributed by atoms with Crippen LogP contribution >= 0.6 is 8.69 Å². The molecule has 1 saturated heterocycles. The van der Waals surface area contributed by atoms with E-state index in [4.69, 9.17) is 18.8 Å². The van der Waals surface area contributed by atoms with Crippen LogP contribution in [0.5, 0.6) is 5.75 Å². The minimum atomic E-state index is -1.81. The van der Waals surface area contributed by atoms with E-state index in [2.05, 4.69) is 37.6 Å². The zero-order valence-electron chi connectivity index (χ0n) is 23.1. The van der Waals surface area contributed by atoms with Crippen molar-refractivity contribution in [3.63, 3.8) is 0 Å². The third kappa shape index (κ3) is 6.37. The van der Waals surface area contributed by atoms with Crippen LogP contribution in [0.1, 0.15) is 45.4 Å². The maximum absolute atomic E-state index is 12.2. The summed E-state index contributed by atoms with van der Waals surface area (Å²) in [4.78, 5) is 30.9. The fourth-order valence-corrected chi connectivity index (χ4v) is 4.59. The summed E-state index contributed by atoms with van der Waals surface area (Å²) < 4.78 is 29.1. The molecule has 2 aromatic heterocycles. The van der Waals surface area contributed by atoms with Gasteiger partial charge in [0, 0.05) is 6.04 Å². The van der Waals surface area contributed by atoms with E-state index in [9.17, 15) is 19.6 Å². The Kier molecular flexibility index (Phi) is 8.98. The average Bonchev–Trinajstić information content (AvgIpc) is 3.63. The largest absolute Gasteiger partial charge is 0.462 e. The molecule has 1 saturated carbocycles. The van der Waals surface area contributed by atoms with Crippen molar-refractivity contribution in [3.8, 4) is 17.6 Å². The number of hydrogen-bond donors (Lipinski definition) is 4. The van der Waals surface area contributed by atoms with Gasteiger partial charge in [0.05, 0.1) is 18.0 Å². The van der Waals surface area contributed by atoms with Gasteiger partial charge in [0.25, 0.3) is 0 Å². The van der Waals surface area contributed by atoms with Crippen LogP contribution in [-0.4, -0.2) is 78.3 Å². The van der Waals surface area contributed by atoms with Crippen molar-refractivity contribution in [1.82, 2.24) is 25.0 Å². The molecule has 4 N–H and O–H groups in total. The number of rotatable bonds is 11. The zero-order chi connectivity index (χ0) is 29.9. The number of carbonyl (C=O) groups is 1. The van der Waals surface area contributed by atoms with Gasteiger partial charge in [-0.3, -0.25) is 14.2 Å². The molecule has 5 rings (SSSR count). The van der Waals surface area contributed by atoms with Gasteiger partial charge in [0.15, 0.2) is 34.6 Å². The number of aromatic nitrogens is 4. The Morgan fingerprint density at radius 2 is 2.02 bits per heavy atom. The maximum Gasteiger partial charge on any atom is 0.395 e. The molecule has 3 heterocycles. The van der Waals surface area contributed by atoms with Gasteiger partial charge in [0.2, 0.25) is 0 Å². The SMILES string of the molecule is CC(C)OC(=O)[C@H](C)NOC[C@@]1(C#Cc2ccccc2OP=O)O[C@@H](n2cnc3c(NC4CC4)ncnc32)C(O)C1O. The summed E-state index contributed by atoms with van der Waals surface area (Å²) in [6.07, 6.45) is 0.353. The molecular weight excluding hydrogens is 567 g/mol. The maximum atomic E-state index is 12.2. The second-order valence-electron chi connectivity index (χ2n) is 10.3. The van der Waals surface area contributed by atoms with Crippen molar-refractivity contribution in [2.24, 2.45) is 0 Å². The molecular formula is C27H31N6O8P. The lowest BCUT2D eigenvalue weighted by molar-refractivity contribution is -0.159. The van der Waals surface area contributed by atoms with E-state index in [0.717, 1.165) is 12.8 Å². The van der Waals surface area contributed by atoms with Gasteiger partial charge >= 0.3 is 14.7 Å². The minimum Gasteiger partial charge on any atom is -0.462 e. The van der Waals surface area contributed by atoms with Crippen LogP contribution in [0.25, 0.3) is 11.2 Å².